The number of benzene rings is 1. The number of hydrogen-bond acceptors (Lipinski definition) is 7. The Balaban J connectivity index is 2.00. The zero-order valence-electron chi connectivity index (χ0n) is 13.7. The predicted octanol–water partition coefficient (Wildman–Crippen LogP) is 3.41. The predicted molar refractivity (Wildman–Crippen MR) is 93.1 cm³/mol. The normalized spacial score (nSPS) is 15.1. The zero-order valence-corrected chi connectivity index (χ0v) is 15.2. The van der Waals surface area contributed by atoms with Gasteiger partial charge < -0.3 is 23.4 Å². The smallest absolute Gasteiger partial charge is 0.363 e. The van der Waals surface area contributed by atoms with E-state index in [9.17, 15) is 4.79 Å². The van der Waals surface area contributed by atoms with Gasteiger partial charge in [0.15, 0.2) is 21.9 Å². The quantitative estimate of drug-likeness (QED) is 0.557. The topological polar surface area (TPSA) is 79.5 Å². The Morgan fingerprint density at radius 1 is 1.08 bits per heavy atom. The number of carbonyl (C=O) groups is 1. The molecule has 25 heavy (non-hydrogen) atoms. The number of ether oxygens (including phenoxy) is 4. The first-order valence-electron chi connectivity index (χ1n) is 7.14. The van der Waals surface area contributed by atoms with Crippen LogP contribution >= 0.6 is 15.9 Å². The summed E-state index contributed by atoms with van der Waals surface area (Å²) >= 11 is 3.20. The number of carbonyl (C=O) groups excluding carboxylic acids is 1. The zero-order chi connectivity index (χ0) is 18.0. The van der Waals surface area contributed by atoms with Crippen molar-refractivity contribution < 1.29 is 28.2 Å². The molecular formula is C17H14BrNO6. The summed E-state index contributed by atoms with van der Waals surface area (Å²) in [5.74, 6) is 1.35. The lowest BCUT2D eigenvalue weighted by molar-refractivity contribution is -0.129. The number of hydrogen-bond donors (Lipinski definition) is 0. The minimum atomic E-state index is -0.573. The molecule has 0 bridgehead atoms. The molecule has 0 amide bonds. The third-order valence-corrected chi connectivity index (χ3v) is 3.83. The van der Waals surface area contributed by atoms with Gasteiger partial charge in [0, 0.05) is 11.6 Å². The molecule has 0 aliphatic carbocycles. The number of cyclic esters (lactones) is 1. The molecule has 0 spiro atoms. The maximum Gasteiger partial charge on any atom is 0.363 e. The van der Waals surface area contributed by atoms with Crippen molar-refractivity contribution in [2.45, 2.75) is 0 Å². The highest BCUT2D eigenvalue weighted by atomic mass is 79.9. The van der Waals surface area contributed by atoms with Gasteiger partial charge in [-0.3, -0.25) is 0 Å². The van der Waals surface area contributed by atoms with Crippen molar-refractivity contribution in [1.29, 1.82) is 0 Å². The number of nitrogens with zero attached hydrogens (tertiary/aromatic N) is 1. The Morgan fingerprint density at radius 3 is 2.28 bits per heavy atom. The van der Waals surface area contributed by atoms with Crippen LogP contribution in [0.4, 0.5) is 0 Å². The number of furan rings is 1. The molecule has 0 fully saturated rings. The van der Waals surface area contributed by atoms with Crippen LogP contribution in [0.25, 0.3) is 6.08 Å². The third kappa shape index (κ3) is 3.39. The van der Waals surface area contributed by atoms with Crippen LogP contribution in [0.3, 0.4) is 0 Å². The molecule has 1 aromatic heterocycles. The van der Waals surface area contributed by atoms with Crippen LogP contribution < -0.4 is 14.2 Å². The van der Waals surface area contributed by atoms with Crippen molar-refractivity contribution in [3.63, 3.8) is 0 Å². The number of esters is 1. The van der Waals surface area contributed by atoms with Crippen LogP contribution in [0.5, 0.6) is 17.2 Å². The van der Waals surface area contributed by atoms with Gasteiger partial charge in [0.05, 0.1) is 21.3 Å². The summed E-state index contributed by atoms with van der Waals surface area (Å²) in [5.41, 5.74) is 0.650. The molecule has 2 heterocycles. The number of methoxy groups -OCH3 is 3. The van der Waals surface area contributed by atoms with E-state index in [4.69, 9.17) is 23.4 Å². The first-order chi connectivity index (χ1) is 12.0. The molecule has 130 valence electrons. The number of halogens is 1. The highest BCUT2D eigenvalue weighted by Gasteiger charge is 2.26. The highest BCUT2D eigenvalue weighted by molar-refractivity contribution is 9.10. The van der Waals surface area contributed by atoms with E-state index in [1.165, 1.54) is 27.4 Å². The number of aliphatic imine (C=N–C) groups is 1. The van der Waals surface area contributed by atoms with Gasteiger partial charge >= 0.3 is 5.97 Å². The van der Waals surface area contributed by atoms with Crippen molar-refractivity contribution in [3.8, 4) is 17.2 Å². The first kappa shape index (κ1) is 17.1. The van der Waals surface area contributed by atoms with Gasteiger partial charge in [-0.15, -0.1) is 0 Å². The standard InChI is InChI=1S/C17H14BrNO6/c1-21-12-6-9(7-13(22-2)15(12)23-3)16-19-11(17(20)25-16)8-10-4-5-14(18)24-10/h4-8H,1-3H3/b11-8+. The highest BCUT2D eigenvalue weighted by Crippen LogP contribution is 2.39. The second kappa shape index (κ2) is 7.02. The fourth-order valence-corrected chi connectivity index (χ4v) is 2.60. The van der Waals surface area contributed by atoms with Gasteiger partial charge in [0.25, 0.3) is 0 Å². The van der Waals surface area contributed by atoms with E-state index >= 15 is 0 Å². The second-order valence-electron chi connectivity index (χ2n) is 4.89. The molecule has 0 radical (unpaired) electrons. The van der Waals surface area contributed by atoms with Gasteiger partial charge in [0.1, 0.15) is 5.76 Å². The minimum absolute atomic E-state index is 0.130. The van der Waals surface area contributed by atoms with E-state index < -0.39 is 5.97 Å². The average Bonchev–Trinajstić information content (AvgIpc) is 3.19. The van der Waals surface area contributed by atoms with Crippen LogP contribution in [0.15, 0.2) is 44.0 Å². The molecule has 0 N–H and O–H groups in total. The van der Waals surface area contributed by atoms with Crippen molar-refractivity contribution in [1.82, 2.24) is 0 Å². The summed E-state index contributed by atoms with van der Waals surface area (Å²) in [4.78, 5) is 16.3. The Kier molecular flexibility index (Phi) is 4.80. The Bertz CT molecular complexity index is 858. The minimum Gasteiger partial charge on any atom is -0.493 e. The lowest BCUT2D eigenvalue weighted by atomic mass is 10.2. The molecule has 1 aromatic carbocycles. The average molecular weight is 408 g/mol. The fourth-order valence-electron chi connectivity index (χ4n) is 2.28. The molecule has 2 aromatic rings. The summed E-state index contributed by atoms with van der Waals surface area (Å²) in [5, 5.41) is 0. The number of rotatable bonds is 5. The maximum atomic E-state index is 12.1. The maximum absolute atomic E-state index is 12.1. The van der Waals surface area contributed by atoms with Crippen molar-refractivity contribution >= 4 is 33.9 Å². The van der Waals surface area contributed by atoms with Crippen LogP contribution in [0, 0.1) is 0 Å². The SMILES string of the molecule is COc1cc(C2=N/C(=C/c3ccc(Br)o3)C(=O)O2)cc(OC)c1OC. The Morgan fingerprint density at radius 2 is 1.76 bits per heavy atom. The molecule has 1 aliphatic rings. The molecule has 0 saturated carbocycles. The largest absolute Gasteiger partial charge is 0.493 e. The van der Waals surface area contributed by atoms with E-state index in [-0.39, 0.29) is 11.6 Å². The molecule has 1 aliphatic heterocycles. The van der Waals surface area contributed by atoms with E-state index in [1.54, 1.807) is 24.3 Å². The van der Waals surface area contributed by atoms with E-state index in [0.29, 0.717) is 33.2 Å². The molecule has 8 heteroatoms. The molecule has 3 rings (SSSR count). The van der Waals surface area contributed by atoms with Gasteiger partial charge in [-0.05, 0) is 40.2 Å². The van der Waals surface area contributed by atoms with Crippen LogP contribution in [0.2, 0.25) is 0 Å². The molecule has 0 atom stereocenters. The van der Waals surface area contributed by atoms with Gasteiger partial charge in [-0.25, -0.2) is 9.79 Å². The Labute approximate surface area is 152 Å². The van der Waals surface area contributed by atoms with E-state index in [1.807, 2.05) is 0 Å². The van der Waals surface area contributed by atoms with Crippen LogP contribution in [0.1, 0.15) is 11.3 Å². The monoisotopic (exact) mass is 407 g/mol. The van der Waals surface area contributed by atoms with Gasteiger partial charge in [0.2, 0.25) is 11.6 Å². The van der Waals surface area contributed by atoms with Gasteiger partial charge in [-0.1, -0.05) is 0 Å². The summed E-state index contributed by atoms with van der Waals surface area (Å²) in [6, 6.07) is 6.73. The third-order valence-electron chi connectivity index (χ3n) is 3.41. The second-order valence-corrected chi connectivity index (χ2v) is 5.67. The molecule has 0 saturated heterocycles. The summed E-state index contributed by atoms with van der Waals surface area (Å²) < 4.78 is 27.0. The van der Waals surface area contributed by atoms with Crippen molar-refractivity contribution in [3.05, 3.63) is 46.0 Å². The summed E-state index contributed by atoms with van der Waals surface area (Å²) in [6.45, 7) is 0. The lowest BCUT2D eigenvalue weighted by Crippen LogP contribution is -2.06. The summed E-state index contributed by atoms with van der Waals surface area (Å²) in [7, 11) is 4.52. The van der Waals surface area contributed by atoms with E-state index in [0.717, 1.165) is 0 Å². The molecular weight excluding hydrogens is 394 g/mol. The van der Waals surface area contributed by atoms with Crippen LogP contribution in [-0.4, -0.2) is 33.2 Å². The molecule has 0 unspecified atom stereocenters. The summed E-state index contributed by atoms with van der Waals surface area (Å²) in [6.07, 6.45) is 1.50. The first-order valence-corrected chi connectivity index (χ1v) is 7.93. The fraction of sp³-hybridized carbons (Fsp3) is 0.176. The molecule has 7 nitrogen and oxygen atoms in total. The van der Waals surface area contributed by atoms with Gasteiger partial charge in [-0.2, -0.15) is 0 Å². The van der Waals surface area contributed by atoms with Crippen LogP contribution in [-0.2, 0) is 9.53 Å². The van der Waals surface area contributed by atoms with Crippen molar-refractivity contribution in [2.24, 2.45) is 4.99 Å². The lowest BCUT2D eigenvalue weighted by Gasteiger charge is -2.13. The Hall–Kier alpha value is -2.74. The van der Waals surface area contributed by atoms with Crippen molar-refractivity contribution in [2.75, 3.05) is 21.3 Å². The van der Waals surface area contributed by atoms with E-state index in [2.05, 4.69) is 20.9 Å².